The Morgan fingerprint density at radius 3 is 2.50 bits per heavy atom. The summed E-state index contributed by atoms with van der Waals surface area (Å²) >= 11 is 0. The van der Waals surface area contributed by atoms with Crippen molar-refractivity contribution in [2.75, 3.05) is 13.7 Å². The molecule has 2 unspecified atom stereocenters. The maximum Gasteiger partial charge on any atom is 0.113 e. The summed E-state index contributed by atoms with van der Waals surface area (Å²) in [4.78, 5) is 0. The highest BCUT2D eigenvalue weighted by Gasteiger charge is 2.50. The number of ether oxygens (including phenoxy) is 1. The van der Waals surface area contributed by atoms with Crippen LogP contribution in [0.25, 0.3) is 0 Å². The average molecular weight is 118 g/mol. The van der Waals surface area contributed by atoms with Crippen LogP contribution in [0.4, 0.5) is 4.39 Å². The van der Waals surface area contributed by atoms with Crippen molar-refractivity contribution in [2.45, 2.75) is 19.0 Å². The minimum absolute atomic E-state index is 0.174. The van der Waals surface area contributed by atoms with E-state index in [0.29, 0.717) is 13.0 Å². The molecule has 0 bridgehead atoms. The van der Waals surface area contributed by atoms with E-state index < -0.39 is 5.67 Å². The van der Waals surface area contributed by atoms with E-state index in [1.54, 1.807) is 14.0 Å². The molecule has 0 aromatic rings. The molecule has 0 amide bonds. The summed E-state index contributed by atoms with van der Waals surface area (Å²) in [5, 5.41) is 0. The average Bonchev–Trinajstić information content (AvgIpc) is 2.15. The van der Waals surface area contributed by atoms with Crippen LogP contribution < -0.4 is 0 Å². The van der Waals surface area contributed by atoms with Crippen LogP contribution in [-0.4, -0.2) is 19.4 Å². The molecule has 1 aliphatic carbocycles. The minimum atomic E-state index is -0.907. The number of hydrogen-bond acceptors (Lipinski definition) is 1. The quantitative estimate of drug-likeness (QED) is 0.532. The molecule has 0 heterocycles. The highest BCUT2D eigenvalue weighted by Crippen LogP contribution is 2.46. The summed E-state index contributed by atoms with van der Waals surface area (Å²) in [5.74, 6) is 0.174. The Morgan fingerprint density at radius 1 is 1.88 bits per heavy atom. The molecular formula is C6H11FO. The van der Waals surface area contributed by atoms with E-state index >= 15 is 0 Å². The van der Waals surface area contributed by atoms with E-state index in [0.717, 1.165) is 0 Å². The molecule has 1 rings (SSSR count). The van der Waals surface area contributed by atoms with E-state index in [-0.39, 0.29) is 5.92 Å². The smallest absolute Gasteiger partial charge is 0.113 e. The zero-order valence-corrected chi connectivity index (χ0v) is 5.28. The summed E-state index contributed by atoms with van der Waals surface area (Å²) in [6.07, 6.45) is 0.681. The first-order chi connectivity index (χ1) is 3.67. The topological polar surface area (TPSA) is 9.23 Å². The lowest BCUT2D eigenvalue weighted by molar-refractivity contribution is 0.160. The first kappa shape index (κ1) is 6.02. The summed E-state index contributed by atoms with van der Waals surface area (Å²) < 4.78 is 17.3. The Balaban J connectivity index is 2.17. The number of halogens is 1. The Morgan fingerprint density at radius 2 is 2.38 bits per heavy atom. The summed E-state index contributed by atoms with van der Waals surface area (Å²) in [7, 11) is 1.61. The normalized spacial score (nSPS) is 44.6. The molecule has 0 aromatic heterocycles. The lowest BCUT2D eigenvalue weighted by Gasteiger charge is -1.95. The largest absolute Gasteiger partial charge is 0.384 e. The van der Waals surface area contributed by atoms with Gasteiger partial charge in [-0.2, -0.15) is 0 Å². The third-order valence-corrected chi connectivity index (χ3v) is 1.70. The molecule has 1 aliphatic rings. The number of hydrogen-bond donors (Lipinski definition) is 0. The van der Waals surface area contributed by atoms with Gasteiger partial charge >= 0.3 is 0 Å². The number of methoxy groups -OCH3 is 1. The number of alkyl halides is 1. The monoisotopic (exact) mass is 118 g/mol. The Bertz CT molecular complexity index is 90.5. The fraction of sp³-hybridized carbons (Fsp3) is 1.00. The molecule has 1 fully saturated rings. The van der Waals surface area contributed by atoms with Gasteiger partial charge in [0.15, 0.2) is 0 Å². The molecule has 1 saturated carbocycles. The van der Waals surface area contributed by atoms with Crippen molar-refractivity contribution in [2.24, 2.45) is 5.92 Å². The van der Waals surface area contributed by atoms with Gasteiger partial charge < -0.3 is 4.74 Å². The SMILES string of the molecule is COCC1CC1(C)F. The van der Waals surface area contributed by atoms with Gasteiger partial charge in [-0.3, -0.25) is 0 Å². The van der Waals surface area contributed by atoms with E-state index in [2.05, 4.69) is 0 Å². The van der Waals surface area contributed by atoms with Crippen LogP contribution in [-0.2, 0) is 4.74 Å². The van der Waals surface area contributed by atoms with Crippen LogP contribution in [0.5, 0.6) is 0 Å². The van der Waals surface area contributed by atoms with E-state index in [9.17, 15) is 4.39 Å². The van der Waals surface area contributed by atoms with Gasteiger partial charge in [0.25, 0.3) is 0 Å². The second-order valence-corrected chi connectivity index (χ2v) is 2.63. The fourth-order valence-electron chi connectivity index (χ4n) is 0.857. The zero-order valence-electron chi connectivity index (χ0n) is 5.28. The molecule has 8 heavy (non-hydrogen) atoms. The lowest BCUT2D eigenvalue weighted by atomic mass is 10.3. The van der Waals surface area contributed by atoms with Crippen molar-refractivity contribution in [1.82, 2.24) is 0 Å². The Kier molecular flexibility index (Phi) is 1.27. The summed E-state index contributed by atoms with van der Waals surface area (Å²) in [5.41, 5.74) is -0.907. The van der Waals surface area contributed by atoms with Gasteiger partial charge in [0.05, 0.1) is 6.61 Å². The summed E-state index contributed by atoms with van der Waals surface area (Å²) in [6, 6.07) is 0. The van der Waals surface area contributed by atoms with Crippen LogP contribution in [0.2, 0.25) is 0 Å². The molecule has 0 spiro atoms. The van der Waals surface area contributed by atoms with Crippen LogP contribution in [0.1, 0.15) is 13.3 Å². The first-order valence-electron chi connectivity index (χ1n) is 2.84. The van der Waals surface area contributed by atoms with E-state index in [1.165, 1.54) is 0 Å². The molecule has 0 aromatic carbocycles. The van der Waals surface area contributed by atoms with Gasteiger partial charge in [-0.15, -0.1) is 0 Å². The zero-order chi connectivity index (χ0) is 6.20. The van der Waals surface area contributed by atoms with Crippen LogP contribution >= 0.6 is 0 Å². The Labute approximate surface area is 48.8 Å². The van der Waals surface area contributed by atoms with Gasteiger partial charge in [0, 0.05) is 13.0 Å². The minimum Gasteiger partial charge on any atom is -0.384 e. The molecule has 2 heteroatoms. The molecule has 1 nitrogen and oxygen atoms in total. The highest BCUT2D eigenvalue weighted by molar-refractivity contribution is 4.99. The third-order valence-electron chi connectivity index (χ3n) is 1.70. The molecule has 48 valence electrons. The van der Waals surface area contributed by atoms with Gasteiger partial charge in [-0.05, 0) is 13.3 Å². The van der Waals surface area contributed by atoms with Crippen molar-refractivity contribution in [3.05, 3.63) is 0 Å². The van der Waals surface area contributed by atoms with Crippen molar-refractivity contribution in [1.29, 1.82) is 0 Å². The standard InChI is InChI=1S/C6H11FO/c1-6(7)3-5(6)4-8-2/h5H,3-4H2,1-2H3. The first-order valence-corrected chi connectivity index (χ1v) is 2.84. The van der Waals surface area contributed by atoms with Gasteiger partial charge in [-0.1, -0.05) is 0 Å². The molecule has 2 atom stereocenters. The van der Waals surface area contributed by atoms with Gasteiger partial charge in [0.1, 0.15) is 5.67 Å². The van der Waals surface area contributed by atoms with Crippen molar-refractivity contribution < 1.29 is 9.13 Å². The van der Waals surface area contributed by atoms with Crippen LogP contribution in [0, 0.1) is 5.92 Å². The van der Waals surface area contributed by atoms with Crippen LogP contribution in [0.15, 0.2) is 0 Å². The molecule has 0 radical (unpaired) electrons. The highest BCUT2D eigenvalue weighted by atomic mass is 19.1. The van der Waals surface area contributed by atoms with E-state index in [1.807, 2.05) is 0 Å². The molecular weight excluding hydrogens is 107 g/mol. The van der Waals surface area contributed by atoms with Crippen LogP contribution in [0.3, 0.4) is 0 Å². The maximum absolute atomic E-state index is 12.6. The van der Waals surface area contributed by atoms with Gasteiger partial charge in [0.2, 0.25) is 0 Å². The second-order valence-electron chi connectivity index (χ2n) is 2.63. The molecule has 0 aliphatic heterocycles. The summed E-state index contributed by atoms with van der Waals surface area (Å²) in [6.45, 7) is 2.20. The van der Waals surface area contributed by atoms with Crippen molar-refractivity contribution in [3.8, 4) is 0 Å². The number of rotatable bonds is 2. The predicted molar refractivity (Wildman–Crippen MR) is 29.5 cm³/mol. The lowest BCUT2D eigenvalue weighted by Crippen LogP contribution is -2.01. The van der Waals surface area contributed by atoms with E-state index in [4.69, 9.17) is 4.74 Å². The van der Waals surface area contributed by atoms with Gasteiger partial charge in [-0.25, -0.2) is 4.39 Å². The second kappa shape index (κ2) is 1.69. The Hall–Kier alpha value is -0.110. The molecule has 0 saturated heterocycles. The predicted octanol–water partition coefficient (Wildman–Crippen LogP) is 1.38. The maximum atomic E-state index is 12.6. The van der Waals surface area contributed by atoms with Crippen molar-refractivity contribution in [3.63, 3.8) is 0 Å². The fourth-order valence-corrected chi connectivity index (χ4v) is 0.857. The third kappa shape index (κ3) is 0.996. The van der Waals surface area contributed by atoms with Crippen molar-refractivity contribution >= 4 is 0 Å². The molecule has 0 N–H and O–H groups in total.